The summed E-state index contributed by atoms with van der Waals surface area (Å²) < 4.78 is 6.21. The summed E-state index contributed by atoms with van der Waals surface area (Å²) in [5.41, 5.74) is 6.42. The zero-order valence-corrected chi connectivity index (χ0v) is 18.3. The molecule has 2 heterocycles. The molecule has 2 aromatic carbocycles. The van der Waals surface area contributed by atoms with E-state index < -0.39 is 5.97 Å². The Kier molecular flexibility index (Phi) is 5.67. The van der Waals surface area contributed by atoms with Gasteiger partial charge in [-0.2, -0.15) is 0 Å². The number of rotatable bonds is 5. The molecule has 2 N–H and O–H groups in total. The number of nitrogens with zero attached hydrogens (tertiary/aromatic N) is 1. The summed E-state index contributed by atoms with van der Waals surface area (Å²) >= 11 is 6.44. The molecule has 31 heavy (non-hydrogen) atoms. The highest BCUT2D eigenvalue weighted by Gasteiger charge is 2.33. The molecule has 1 fully saturated rings. The first-order valence-electron chi connectivity index (χ1n) is 9.38. The van der Waals surface area contributed by atoms with Crippen molar-refractivity contribution >= 4 is 51.9 Å². The first kappa shape index (κ1) is 20.9. The number of hydrazine groups is 1. The average molecular weight is 451 g/mol. The van der Waals surface area contributed by atoms with Crippen LogP contribution in [0, 0.1) is 13.8 Å². The maximum atomic E-state index is 12.9. The molecule has 0 atom stereocenters. The number of aryl methyl sites for hydroxylation is 2. The molecule has 156 valence electrons. The van der Waals surface area contributed by atoms with Crippen molar-refractivity contribution < 1.29 is 19.1 Å². The van der Waals surface area contributed by atoms with Gasteiger partial charge < -0.3 is 9.52 Å². The smallest absolute Gasteiger partial charge is 0.337 e. The average Bonchev–Trinajstić information content (AvgIpc) is 3.28. The lowest BCUT2D eigenvalue weighted by atomic mass is 10.0. The van der Waals surface area contributed by atoms with E-state index in [9.17, 15) is 14.7 Å². The summed E-state index contributed by atoms with van der Waals surface area (Å²) in [6.45, 7) is 4.06. The lowest BCUT2D eigenvalue weighted by Crippen LogP contribution is -2.34. The molecule has 1 aliphatic rings. The van der Waals surface area contributed by atoms with Crippen LogP contribution in [0.2, 0.25) is 0 Å². The zero-order valence-electron chi connectivity index (χ0n) is 16.7. The van der Waals surface area contributed by atoms with Gasteiger partial charge in [0.25, 0.3) is 5.91 Å². The van der Waals surface area contributed by atoms with E-state index in [2.05, 4.69) is 11.5 Å². The van der Waals surface area contributed by atoms with Gasteiger partial charge in [0.15, 0.2) is 4.32 Å². The number of hydrogen-bond donors (Lipinski definition) is 2. The Bertz CT molecular complexity index is 1250. The van der Waals surface area contributed by atoms with Crippen LogP contribution in [-0.4, -0.2) is 26.3 Å². The molecule has 0 unspecified atom stereocenters. The fraction of sp³-hybridized carbons (Fsp3) is 0.0870. The Hall–Kier alpha value is -3.36. The molecule has 0 aliphatic carbocycles. The van der Waals surface area contributed by atoms with Crippen LogP contribution in [0.25, 0.3) is 17.4 Å². The van der Waals surface area contributed by atoms with Crippen LogP contribution >= 0.6 is 24.0 Å². The monoisotopic (exact) mass is 450 g/mol. The Morgan fingerprint density at radius 1 is 1.16 bits per heavy atom. The molecule has 4 rings (SSSR count). The maximum Gasteiger partial charge on any atom is 0.337 e. The number of furan rings is 1. The molecule has 1 amide bonds. The number of anilines is 1. The Morgan fingerprint density at radius 2 is 1.94 bits per heavy atom. The molecule has 1 aromatic heterocycles. The predicted octanol–water partition coefficient (Wildman–Crippen LogP) is 5.49. The van der Waals surface area contributed by atoms with E-state index >= 15 is 0 Å². The minimum absolute atomic E-state index is 0.0460. The third-order valence-corrected chi connectivity index (χ3v) is 6.03. The normalized spacial score (nSPS) is 15.0. The quantitative estimate of drug-likeness (QED) is 0.393. The summed E-state index contributed by atoms with van der Waals surface area (Å²) in [6.07, 6.45) is 1.64. The topological polar surface area (TPSA) is 82.8 Å². The van der Waals surface area contributed by atoms with Gasteiger partial charge in [-0.25, -0.2) is 9.80 Å². The number of amides is 1. The van der Waals surface area contributed by atoms with Gasteiger partial charge in [0.1, 0.15) is 11.5 Å². The fourth-order valence-corrected chi connectivity index (χ4v) is 4.41. The standard InChI is InChI=1S/C23H18N2O4S2/c1-13-7-9-16(14(2)11-13)19-10-8-15(29-19)12-20-21(26)25(23(30)31-20)24-18-6-4-3-5-17(18)22(27)28/h3-12,24H,1-2H3,(H,27,28). The molecule has 3 aromatic rings. The van der Waals surface area contributed by atoms with Gasteiger partial charge >= 0.3 is 5.97 Å². The van der Waals surface area contributed by atoms with Gasteiger partial charge in [-0.05, 0) is 55.9 Å². The van der Waals surface area contributed by atoms with Crippen LogP contribution < -0.4 is 5.43 Å². The third kappa shape index (κ3) is 4.26. The molecule has 1 saturated heterocycles. The highest BCUT2D eigenvalue weighted by molar-refractivity contribution is 8.26. The second-order valence-electron chi connectivity index (χ2n) is 7.00. The van der Waals surface area contributed by atoms with E-state index in [1.165, 1.54) is 16.6 Å². The van der Waals surface area contributed by atoms with Crippen molar-refractivity contribution in [2.75, 3.05) is 5.43 Å². The lowest BCUT2D eigenvalue weighted by Gasteiger charge is -2.18. The van der Waals surface area contributed by atoms with Crippen molar-refractivity contribution in [3.63, 3.8) is 0 Å². The van der Waals surface area contributed by atoms with E-state index in [4.69, 9.17) is 16.6 Å². The van der Waals surface area contributed by atoms with Crippen LogP contribution in [-0.2, 0) is 4.79 Å². The SMILES string of the molecule is Cc1ccc(-c2ccc(C=C3SC(=S)N(Nc4ccccc4C(=O)O)C3=O)o2)c(C)c1. The first-order chi connectivity index (χ1) is 14.8. The van der Waals surface area contributed by atoms with Crippen molar-refractivity contribution in [3.05, 3.63) is 82.0 Å². The minimum atomic E-state index is -1.10. The number of benzene rings is 2. The minimum Gasteiger partial charge on any atom is -0.478 e. The summed E-state index contributed by atoms with van der Waals surface area (Å²) in [5.74, 6) is -0.229. The van der Waals surface area contributed by atoms with Gasteiger partial charge in [-0.15, -0.1) is 0 Å². The summed E-state index contributed by atoms with van der Waals surface area (Å²) in [4.78, 5) is 24.7. The number of aromatic carboxylic acids is 1. The second kappa shape index (κ2) is 8.41. The van der Waals surface area contributed by atoms with Crippen molar-refractivity contribution in [3.8, 4) is 11.3 Å². The molecular weight excluding hydrogens is 432 g/mol. The van der Waals surface area contributed by atoms with E-state index in [1.54, 1.807) is 30.3 Å². The lowest BCUT2D eigenvalue weighted by molar-refractivity contribution is -0.121. The molecule has 1 aliphatic heterocycles. The number of carbonyl (C=O) groups excluding carboxylic acids is 1. The number of carboxylic acid groups (broad SMARTS) is 1. The first-order valence-corrected chi connectivity index (χ1v) is 10.6. The number of thioether (sulfide) groups is 1. The van der Waals surface area contributed by atoms with Crippen LogP contribution in [0.15, 0.2) is 63.9 Å². The molecule has 0 saturated carbocycles. The van der Waals surface area contributed by atoms with Gasteiger partial charge in [-0.1, -0.05) is 47.7 Å². The summed E-state index contributed by atoms with van der Waals surface area (Å²) in [7, 11) is 0. The van der Waals surface area contributed by atoms with Gasteiger partial charge in [0.05, 0.1) is 16.2 Å². The Morgan fingerprint density at radius 3 is 2.68 bits per heavy atom. The van der Waals surface area contributed by atoms with Crippen molar-refractivity contribution in [1.29, 1.82) is 0 Å². The number of hydrogen-bond acceptors (Lipinski definition) is 6. The molecule has 6 nitrogen and oxygen atoms in total. The summed E-state index contributed by atoms with van der Waals surface area (Å²) in [5, 5.41) is 10.5. The van der Waals surface area contributed by atoms with Crippen LogP contribution in [0.3, 0.4) is 0 Å². The zero-order chi connectivity index (χ0) is 22.1. The fourth-order valence-electron chi connectivity index (χ4n) is 3.25. The molecule has 8 heteroatoms. The Balaban J connectivity index is 1.57. The highest BCUT2D eigenvalue weighted by Crippen LogP contribution is 2.34. The number of nitrogens with one attached hydrogen (secondary N) is 1. The van der Waals surface area contributed by atoms with Crippen LogP contribution in [0.1, 0.15) is 27.2 Å². The second-order valence-corrected chi connectivity index (χ2v) is 8.68. The predicted molar refractivity (Wildman–Crippen MR) is 126 cm³/mol. The van der Waals surface area contributed by atoms with Gasteiger partial charge in [-0.3, -0.25) is 10.2 Å². The maximum absolute atomic E-state index is 12.9. The number of thiocarbonyl (C=S) groups is 1. The largest absolute Gasteiger partial charge is 0.478 e. The molecular formula is C23H18N2O4S2. The molecule has 0 spiro atoms. The highest BCUT2D eigenvalue weighted by atomic mass is 32.2. The molecule has 0 bridgehead atoms. The van der Waals surface area contributed by atoms with Gasteiger partial charge in [0.2, 0.25) is 0 Å². The van der Waals surface area contributed by atoms with Crippen molar-refractivity contribution in [2.24, 2.45) is 0 Å². The van der Waals surface area contributed by atoms with Crippen LogP contribution in [0.5, 0.6) is 0 Å². The van der Waals surface area contributed by atoms with E-state index in [1.807, 2.05) is 32.0 Å². The van der Waals surface area contributed by atoms with Crippen molar-refractivity contribution in [1.82, 2.24) is 5.01 Å². The molecule has 0 radical (unpaired) electrons. The van der Waals surface area contributed by atoms with Crippen LogP contribution in [0.4, 0.5) is 5.69 Å². The Labute approximate surface area is 188 Å². The van der Waals surface area contributed by atoms with E-state index in [0.29, 0.717) is 16.4 Å². The van der Waals surface area contributed by atoms with E-state index in [-0.39, 0.29) is 21.5 Å². The number of carboxylic acids is 1. The third-order valence-electron chi connectivity index (χ3n) is 4.73. The summed E-state index contributed by atoms with van der Waals surface area (Å²) in [6, 6.07) is 16.1. The van der Waals surface area contributed by atoms with Gasteiger partial charge in [0, 0.05) is 11.6 Å². The van der Waals surface area contributed by atoms with E-state index in [0.717, 1.165) is 22.9 Å². The number of carbonyl (C=O) groups is 2. The number of para-hydroxylation sites is 1. The van der Waals surface area contributed by atoms with Crippen molar-refractivity contribution in [2.45, 2.75) is 13.8 Å².